The van der Waals surface area contributed by atoms with Gasteiger partial charge in [-0.05, 0) is 48.8 Å². The molecule has 0 atom stereocenters. The van der Waals surface area contributed by atoms with Gasteiger partial charge in [0.25, 0.3) is 0 Å². The zero-order valence-corrected chi connectivity index (χ0v) is 12.9. The molecular weight excluding hydrogens is 292 g/mol. The minimum Gasteiger partial charge on any atom is -0.309 e. The Hall–Kier alpha value is -3.13. The Morgan fingerprint density at radius 3 is 2.75 bits per heavy atom. The van der Waals surface area contributed by atoms with Crippen LogP contribution in [0.15, 0.2) is 79.0 Å². The molecule has 0 aliphatic carbocycles. The number of nitrogens with zero attached hydrogens (tertiary/aromatic N) is 2. The quantitative estimate of drug-likeness (QED) is 0.393. The largest absolute Gasteiger partial charge is 0.309 e. The van der Waals surface area contributed by atoms with Gasteiger partial charge in [-0.2, -0.15) is 0 Å². The third-order valence-electron chi connectivity index (χ3n) is 4.52. The second kappa shape index (κ2) is 4.93. The van der Waals surface area contributed by atoms with Crippen LogP contribution in [0.2, 0.25) is 0 Å². The van der Waals surface area contributed by atoms with E-state index in [2.05, 4.69) is 45.8 Å². The van der Waals surface area contributed by atoms with E-state index < -0.39 is 6.85 Å². The van der Waals surface area contributed by atoms with Gasteiger partial charge in [-0.1, -0.05) is 36.4 Å². The first-order valence-electron chi connectivity index (χ1n) is 9.41. The molecule has 0 fully saturated rings. The smallest absolute Gasteiger partial charge is 0.0711 e. The van der Waals surface area contributed by atoms with Crippen LogP contribution in [0.5, 0.6) is 0 Å². The van der Waals surface area contributed by atoms with Gasteiger partial charge in [0.1, 0.15) is 0 Å². The van der Waals surface area contributed by atoms with Crippen molar-refractivity contribution in [2.75, 3.05) is 0 Å². The van der Waals surface area contributed by atoms with E-state index in [9.17, 15) is 0 Å². The molecule has 0 saturated heterocycles. The Balaban J connectivity index is 1.83. The van der Waals surface area contributed by atoms with E-state index in [1.165, 1.54) is 5.39 Å². The highest BCUT2D eigenvalue weighted by atomic mass is 14.9. The number of para-hydroxylation sites is 1. The number of rotatable bonds is 1. The minimum atomic E-state index is -2.15. The van der Waals surface area contributed by atoms with Crippen LogP contribution in [0.3, 0.4) is 0 Å². The molecule has 0 N–H and O–H groups in total. The van der Waals surface area contributed by atoms with Gasteiger partial charge in [0.15, 0.2) is 0 Å². The standard InChI is InChI=1S/C22H16N2/c1-15-11-12-23-20(13-15)18-6-4-8-22-19(18)10-9-17-14-16-5-2-3-7-21(16)24(17)22/h2-14H,1H3/i1D3. The number of hydrogen-bond acceptors (Lipinski definition) is 1. The Labute approximate surface area is 144 Å². The molecule has 0 aliphatic rings. The third-order valence-corrected chi connectivity index (χ3v) is 4.52. The van der Waals surface area contributed by atoms with Crippen LogP contribution in [0.25, 0.3) is 38.6 Å². The van der Waals surface area contributed by atoms with E-state index in [1.54, 1.807) is 18.3 Å². The van der Waals surface area contributed by atoms with Crippen molar-refractivity contribution in [2.45, 2.75) is 6.85 Å². The maximum Gasteiger partial charge on any atom is 0.0711 e. The fourth-order valence-electron chi connectivity index (χ4n) is 3.46. The number of hydrogen-bond donors (Lipinski definition) is 0. The molecule has 0 amide bonds. The molecule has 3 aromatic heterocycles. The second-order valence-corrected chi connectivity index (χ2v) is 5.96. The molecule has 0 unspecified atom stereocenters. The number of benzene rings is 2. The fourth-order valence-corrected chi connectivity index (χ4v) is 3.46. The van der Waals surface area contributed by atoms with E-state index in [1.807, 2.05) is 24.3 Å². The molecule has 5 rings (SSSR count). The summed E-state index contributed by atoms with van der Waals surface area (Å²) in [6, 6.07) is 24.0. The predicted molar refractivity (Wildman–Crippen MR) is 100 cm³/mol. The summed E-state index contributed by atoms with van der Waals surface area (Å²) in [5.74, 6) is 0. The minimum absolute atomic E-state index is 0.303. The van der Waals surface area contributed by atoms with Gasteiger partial charge in [-0.15, -0.1) is 0 Å². The first kappa shape index (κ1) is 10.6. The van der Waals surface area contributed by atoms with Crippen molar-refractivity contribution >= 4 is 27.3 Å². The summed E-state index contributed by atoms with van der Waals surface area (Å²) in [7, 11) is 0. The summed E-state index contributed by atoms with van der Waals surface area (Å²) >= 11 is 0. The van der Waals surface area contributed by atoms with Crippen LogP contribution in [-0.4, -0.2) is 9.38 Å². The van der Waals surface area contributed by atoms with E-state index in [-0.39, 0.29) is 0 Å². The Morgan fingerprint density at radius 1 is 0.875 bits per heavy atom. The van der Waals surface area contributed by atoms with E-state index in [0.717, 1.165) is 27.5 Å². The molecule has 114 valence electrons. The fraction of sp³-hybridized carbons (Fsp3) is 0.0455. The SMILES string of the molecule is [2H]C([2H])([2H])c1ccnc(-c2cccc3c2ccc2cc4ccccc4n23)c1. The number of fused-ring (bicyclic) bond motifs is 5. The average Bonchev–Trinajstić information content (AvgIpc) is 3.06. The normalized spacial score (nSPS) is 13.9. The van der Waals surface area contributed by atoms with Crippen LogP contribution in [0, 0.1) is 6.85 Å². The topological polar surface area (TPSA) is 17.3 Å². The molecule has 5 aromatic rings. The van der Waals surface area contributed by atoms with Gasteiger partial charge in [0.05, 0.1) is 16.7 Å². The van der Waals surface area contributed by atoms with Gasteiger partial charge >= 0.3 is 0 Å². The van der Waals surface area contributed by atoms with Crippen LogP contribution in [-0.2, 0) is 0 Å². The highest BCUT2D eigenvalue weighted by Gasteiger charge is 2.10. The molecule has 3 heterocycles. The van der Waals surface area contributed by atoms with Crippen LogP contribution in [0.4, 0.5) is 0 Å². The highest BCUT2D eigenvalue weighted by Crippen LogP contribution is 2.31. The molecule has 0 aliphatic heterocycles. The van der Waals surface area contributed by atoms with Crippen molar-refractivity contribution in [1.82, 2.24) is 9.38 Å². The molecule has 2 heteroatoms. The summed E-state index contributed by atoms with van der Waals surface area (Å²) in [6.45, 7) is -2.15. The number of aromatic nitrogens is 2. The Bertz CT molecular complexity index is 1320. The van der Waals surface area contributed by atoms with Crippen molar-refractivity contribution in [2.24, 2.45) is 0 Å². The van der Waals surface area contributed by atoms with Crippen molar-refractivity contribution in [3.8, 4) is 11.3 Å². The summed E-state index contributed by atoms with van der Waals surface area (Å²) in [5, 5.41) is 2.24. The van der Waals surface area contributed by atoms with E-state index in [0.29, 0.717) is 11.3 Å². The molecule has 0 bridgehead atoms. The summed E-state index contributed by atoms with van der Waals surface area (Å²) < 4.78 is 25.3. The van der Waals surface area contributed by atoms with Gasteiger partial charge < -0.3 is 4.40 Å². The zero-order valence-electron chi connectivity index (χ0n) is 15.9. The number of pyridine rings is 2. The zero-order chi connectivity index (χ0) is 18.6. The van der Waals surface area contributed by atoms with Gasteiger partial charge in [0, 0.05) is 32.2 Å². The summed E-state index contributed by atoms with van der Waals surface area (Å²) in [6.07, 6.45) is 1.57. The van der Waals surface area contributed by atoms with Crippen LogP contribution in [0.1, 0.15) is 9.68 Å². The van der Waals surface area contributed by atoms with E-state index in [4.69, 9.17) is 4.11 Å². The maximum absolute atomic E-state index is 7.67. The molecular formula is C22H16N2. The molecule has 2 nitrogen and oxygen atoms in total. The Kier molecular flexibility index (Phi) is 2.18. The predicted octanol–water partition coefficient (Wildman–Crippen LogP) is 5.62. The van der Waals surface area contributed by atoms with Crippen LogP contribution >= 0.6 is 0 Å². The lowest BCUT2D eigenvalue weighted by Gasteiger charge is -2.10. The lowest BCUT2D eigenvalue weighted by molar-refractivity contribution is 1.28. The van der Waals surface area contributed by atoms with Crippen molar-refractivity contribution in [3.63, 3.8) is 0 Å². The van der Waals surface area contributed by atoms with Crippen molar-refractivity contribution < 1.29 is 4.11 Å². The van der Waals surface area contributed by atoms with E-state index >= 15 is 0 Å². The maximum atomic E-state index is 7.67. The molecule has 24 heavy (non-hydrogen) atoms. The first-order chi connectivity index (χ1) is 13.0. The molecule has 0 spiro atoms. The average molecular weight is 311 g/mol. The van der Waals surface area contributed by atoms with Gasteiger partial charge in [0.2, 0.25) is 0 Å². The second-order valence-electron chi connectivity index (χ2n) is 5.96. The third kappa shape index (κ3) is 1.86. The molecule has 2 aromatic carbocycles. The molecule has 0 saturated carbocycles. The molecule has 0 radical (unpaired) electrons. The monoisotopic (exact) mass is 311 g/mol. The van der Waals surface area contributed by atoms with Crippen molar-refractivity contribution in [3.05, 3.63) is 84.6 Å². The van der Waals surface area contributed by atoms with Gasteiger partial charge in [-0.3, -0.25) is 4.98 Å². The lowest BCUT2D eigenvalue weighted by atomic mass is 10.0. The number of aryl methyl sites for hydroxylation is 1. The lowest BCUT2D eigenvalue weighted by Crippen LogP contribution is -1.91. The van der Waals surface area contributed by atoms with Gasteiger partial charge in [-0.25, -0.2) is 0 Å². The van der Waals surface area contributed by atoms with Crippen LogP contribution < -0.4 is 0 Å². The van der Waals surface area contributed by atoms with Crippen molar-refractivity contribution in [1.29, 1.82) is 0 Å². The summed E-state index contributed by atoms with van der Waals surface area (Å²) in [4.78, 5) is 4.44. The highest BCUT2D eigenvalue weighted by molar-refractivity contribution is 6.00. The Morgan fingerprint density at radius 2 is 1.79 bits per heavy atom. The summed E-state index contributed by atoms with van der Waals surface area (Å²) in [5.41, 5.74) is 5.26. The first-order valence-corrected chi connectivity index (χ1v) is 7.91.